The van der Waals surface area contributed by atoms with Crippen LogP contribution in [0.5, 0.6) is 5.75 Å². The van der Waals surface area contributed by atoms with Crippen molar-refractivity contribution in [1.29, 1.82) is 0 Å². The lowest BCUT2D eigenvalue weighted by molar-refractivity contribution is 0.475. The molecule has 4 aromatic rings. The fourth-order valence-corrected chi connectivity index (χ4v) is 3.17. The molecule has 24 heavy (non-hydrogen) atoms. The Labute approximate surface area is 140 Å². The molecule has 3 heteroatoms. The molecular formula is C21H18N2O. The minimum atomic E-state index is 0.135. The van der Waals surface area contributed by atoms with Crippen molar-refractivity contribution in [2.45, 2.75) is 13.0 Å². The number of benzene rings is 3. The van der Waals surface area contributed by atoms with E-state index in [9.17, 15) is 5.11 Å². The highest BCUT2D eigenvalue weighted by Crippen LogP contribution is 2.32. The zero-order valence-corrected chi connectivity index (χ0v) is 13.4. The molecule has 1 aromatic heterocycles. The summed E-state index contributed by atoms with van der Waals surface area (Å²) in [7, 11) is 0. The number of rotatable bonds is 3. The van der Waals surface area contributed by atoms with Crippen LogP contribution in [0.1, 0.15) is 18.5 Å². The summed E-state index contributed by atoms with van der Waals surface area (Å²) in [5.74, 6) is 1.11. The lowest BCUT2D eigenvalue weighted by Crippen LogP contribution is -2.08. The van der Waals surface area contributed by atoms with E-state index in [4.69, 9.17) is 4.98 Å². The maximum atomic E-state index is 9.86. The smallest absolute Gasteiger partial charge is 0.141 e. The number of hydrogen-bond donors (Lipinski definition) is 1. The Kier molecular flexibility index (Phi) is 3.54. The summed E-state index contributed by atoms with van der Waals surface area (Å²) in [6, 6.07) is 25.9. The number of aromatic nitrogens is 2. The molecule has 3 nitrogen and oxygen atoms in total. The zero-order valence-electron chi connectivity index (χ0n) is 13.4. The van der Waals surface area contributed by atoms with Crippen molar-refractivity contribution in [2.24, 2.45) is 0 Å². The number of nitrogens with zero attached hydrogens (tertiary/aromatic N) is 2. The number of aromatic hydroxyl groups is 1. The quantitative estimate of drug-likeness (QED) is 0.576. The van der Waals surface area contributed by atoms with Gasteiger partial charge in [0.2, 0.25) is 0 Å². The monoisotopic (exact) mass is 314 g/mol. The fraction of sp³-hybridized carbons (Fsp3) is 0.0952. The predicted molar refractivity (Wildman–Crippen MR) is 97.1 cm³/mol. The van der Waals surface area contributed by atoms with Crippen LogP contribution in [0, 0.1) is 0 Å². The molecule has 1 atom stereocenters. The number of imidazole rings is 1. The van der Waals surface area contributed by atoms with Gasteiger partial charge in [-0.05, 0) is 36.8 Å². The highest BCUT2D eigenvalue weighted by molar-refractivity contribution is 5.81. The van der Waals surface area contributed by atoms with Crippen LogP contribution in [0.3, 0.4) is 0 Å². The molecule has 0 aliphatic rings. The average molecular weight is 314 g/mol. The second-order valence-corrected chi connectivity index (χ2v) is 5.93. The van der Waals surface area contributed by atoms with Crippen LogP contribution in [0.2, 0.25) is 0 Å². The summed E-state index contributed by atoms with van der Waals surface area (Å²) in [4.78, 5) is 4.82. The summed E-state index contributed by atoms with van der Waals surface area (Å²) in [6.07, 6.45) is 0. The van der Waals surface area contributed by atoms with Crippen LogP contribution in [-0.2, 0) is 0 Å². The first kappa shape index (κ1) is 14.5. The molecule has 0 radical (unpaired) electrons. The van der Waals surface area contributed by atoms with Gasteiger partial charge >= 0.3 is 0 Å². The van der Waals surface area contributed by atoms with Gasteiger partial charge in [0.15, 0.2) is 0 Å². The zero-order chi connectivity index (χ0) is 16.5. The Morgan fingerprint density at radius 2 is 1.62 bits per heavy atom. The van der Waals surface area contributed by atoms with E-state index in [1.54, 1.807) is 12.1 Å². The first-order valence-electron chi connectivity index (χ1n) is 8.05. The molecular weight excluding hydrogens is 296 g/mol. The van der Waals surface area contributed by atoms with Gasteiger partial charge in [-0.25, -0.2) is 4.98 Å². The van der Waals surface area contributed by atoms with Gasteiger partial charge < -0.3 is 9.67 Å². The van der Waals surface area contributed by atoms with Gasteiger partial charge in [-0.2, -0.15) is 0 Å². The molecule has 0 amide bonds. The Balaban J connectivity index is 1.97. The summed E-state index contributed by atoms with van der Waals surface area (Å²) >= 11 is 0. The second-order valence-electron chi connectivity index (χ2n) is 5.93. The van der Waals surface area contributed by atoms with Gasteiger partial charge in [0.1, 0.15) is 11.6 Å². The molecule has 0 spiro atoms. The van der Waals surface area contributed by atoms with E-state index >= 15 is 0 Å². The molecule has 0 bridgehead atoms. The van der Waals surface area contributed by atoms with Crippen molar-refractivity contribution < 1.29 is 5.11 Å². The van der Waals surface area contributed by atoms with E-state index in [1.165, 1.54) is 5.56 Å². The van der Waals surface area contributed by atoms with Crippen LogP contribution in [0.15, 0.2) is 78.9 Å². The van der Waals surface area contributed by atoms with Gasteiger partial charge in [-0.15, -0.1) is 0 Å². The molecule has 0 aliphatic carbocycles. The van der Waals surface area contributed by atoms with E-state index in [0.29, 0.717) is 0 Å². The first-order chi connectivity index (χ1) is 11.7. The third kappa shape index (κ3) is 2.44. The van der Waals surface area contributed by atoms with Crippen molar-refractivity contribution in [3.05, 3.63) is 84.4 Å². The van der Waals surface area contributed by atoms with E-state index in [1.807, 2.05) is 36.4 Å². The minimum absolute atomic E-state index is 0.135. The van der Waals surface area contributed by atoms with Crippen LogP contribution in [0.25, 0.3) is 22.4 Å². The normalized spacial score (nSPS) is 12.4. The third-order valence-corrected chi connectivity index (χ3v) is 4.37. The predicted octanol–water partition coefficient (Wildman–Crippen LogP) is 5.02. The van der Waals surface area contributed by atoms with Gasteiger partial charge in [0.25, 0.3) is 0 Å². The fourth-order valence-electron chi connectivity index (χ4n) is 3.17. The van der Waals surface area contributed by atoms with Gasteiger partial charge in [-0.1, -0.05) is 54.6 Å². The topological polar surface area (TPSA) is 38.0 Å². The van der Waals surface area contributed by atoms with Crippen molar-refractivity contribution in [1.82, 2.24) is 9.55 Å². The molecule has 3 aromatic carbocycles. The maximum Gasteiger partial charge on any atom is 0.141 e. The van der Waals surface area contributed by atoms with Crippen LogP contribution in [0.4, 0.5) is 0 Å². The lowest BCUT2D eigenvalue weighted by atomic mass is 10.1. The number of para-hydroxylation sites is 2. The maximum absolute atomic E-state index is 9.86. The van der Waals surface area contributed by atoms with Crippen LogP contribution in [-0.4, -0.2) is 14.7 Å². The molecule has 1 N–H and O–H groups in total. The van der Waals surface area contributed by atoms with Crippen molar-refractivity contribution in [3.8, 4) is 17.1 Å². The van der Waals surface area contributed by atoms with Gasteiger partial charge in [-0.3, -0.25) is 0 Å². The molecule has 1 unspecified atom stereocenters. The summed E-state index contributed by atoms with van der Waals surface area (Å²) in [5, 5.41) is 9.86. The molecule has 1 heterocycles. The molecule has 118 valence electrons. The van der Waals surface area contributed by atoms with Crippen molar-refractivity contribution in [2.75, 3.05) is 0 Å². The minimum Gasteiger partial charge on any atom is -0.508 e. The molecule has 0 saturated carbocycles. The van der Waals surface area contributed by atoms with Gasteiger partial charge in [0, 0.05) is 5.56 Å². The lowest BCUT2D eigenvalue weighted by Gasteiger charge is -2.18. The summed E-state index contributed by atoms with van der Waals surface area (Å²) in [6.45, 7) is 2.18. The molecule has 0 fully saturated rings. The Hall–Kier alpha value is -3.07. The third-order valence-electron chi connectivity index (χ3n) is 4.37. The SMILES string of the molecule is CC(c1ccccc1)n1c(-c2cccc(O)c2)nc2ccccc21. The summed E-state index contributed by atoms with van der Waals surface area (Å²) < 4.78 is 2.24. The largest absolute Gasteiger partial charge is 0.508 e. The molecule has 4 rings (SSSR count). The van der Waals surface area contributed by atoms with E-state index < -0.39 is 0 Å². The van der Waals surface area contributed by atoms with Crippen molar-refractivity contribution >= 4 is 11.0 Å². The molecule has 0 saturated heterocycles. The Bertz CT molecular complexity index is 989. The Morgan fingerprint density at radius 1 is 0.875 bits per heavy atom. The first-order valence-corrected chi connectivity index (χ1v) is 8.05. The average Bonchev–Trinajstić information content (AvgIpc) is 3.01. The second kappa shape index (κ2) is 5.85. The van der Waals surface area contributed by atoms with Crippen molar-refractivity contribution in [3.63, 3.8) is 0 Å². The van der Waals surface area contributed by atoms with Crippen LogP contribution >= 0.6 is 0 Å². The number of fused-ring (bicyclic) bond motifs is 1. The highest BCUT2D eigenvalue weighted by Gasteiger charge is 2.18. The molecule has 0 aliphatic heterocycles. The number of hydrogen-bond acceptors (Lipinski definition) is 2. The standard InChI is InChI=1S/C21H18N2O/c1-15(16-8-3-2-4-9-16)23-20-13-6-5-12-19(20)22-21(23)17-10-7-11-18(24)14-17/h2-15,24H,1H3. The highest BCUT2D eigenvalue weighted by atomic mass is 16.3. The van der Waals surface area contributed by atoms with Crippen LogP contribution < -0.4 is 0 Å². The number of phenolic OH excluding ortho intramolecular Hbond substituents is 1. The van der Waals surface area contributed by atoms with E-state index in [-0.39, 0.29) is 11.8 Å². The summed E-state index contributed by atoms with van der Waals surface area (Å²) in [5.41, 5.74) is 4.18. The number of phenols is 1. The Morgan fingerprint density at radius 3 is 2.42 bits per heavy atom. The van der Waals surface area contributed by atoms with E-state index in [0.717, 1.165) is 22.4 Å². The van der Waals surface area contributed by atoms with Gasteiger partial charge in [0.05, 0.1) is 17.1 Å². The van der Waals surface area contributed by atoms with E-state index in [2.05, 4.69) is 41.8 Å².